The Labute approximate surface area is 102 Å². The van der Waals surface area contributed by atoms with Gasteiger partial charge in [0.15, 0.2) is 0 Å². The van der Waals surface area contributed by atoms with Gasteiger partial charge in [-0.3, -0.25) is 4.79 Å². The predicted molar refractivity (Wildman–Crippen MR) is 64.8 cm³/mol. The number of rotatable bonds is 4. The first-order valence-corrected chi connectivity index (χ1v) is 6.13. The molecule has 98 valence electrons. The highest BCUT2D eigenvalue weighted by Gasteiger charge is 2.29. The van der Waals surface area contributed by atoms with Gasteiger partial charge in [-0.2, -0.15) is 0 Å². The summed E-state index contributed by atoms with van der Waals surface area (Å²) in [5.41, 5.74) is 0. The van der Waals surface area contributed by atoms with Gasteiger partial charge in [0.2, 0.25) is 0 Å². The molecule has 1 unspecified atom stereocenters. The van der Waals surface area contributed by atoms with E-state index in [1.807, 2.05) is 4.90 Å². The van der Waals surface area contributed by atoms with Crippen LogP contribution in [0.4, 0.5) is 4.79 Å². The minimum Gasteiger partial charge on any atom is -0.481 e. The molecular weight excluding hydrogens is 220 g/mol. The van der Waals surface area contributed by atoms with Crippen LogP contribution in [0.15, 0.2) is 0 Å². The van der Waals surface area contributed by atoms with Gasteiger partial charge < -0.3 is 14.9 Å². The van der Waals surface area contributed by atoms with Gasteiger partial charge in [0.05, 0.1) is 6.42 Å². The van der Waals surface area contributed by atoms with Gasteiger partial charge in [-0.15, -0.1) is 0 Å². The Balaban J connectivity index is 2.40. The number of likely N-dealkylation sites (tertiary alicyclic amines) is 1. The van der Waals surface area contributed by atoms with Gasteiger partial charge >= 0.3 is 12.0 Å². The highest BCUT2D eigenvalue weighted by molar-refractivity contribution is 5.75. The van der Waals surface area contributed by atoms with Crippen LogP contribution in [0, 0.1) is 11.8 Å². The van der Waals surface area contributed by atoms with E-state index < -0.39 is 5.97 Å². The summed E-state index contributed by atoms with van der Waals surface area (Å²) in [4.78, 5) is 25.7. The van der Waals surface area contributed by atoms with Crippen molar-refractivity contribution in [2.24, 2.45) is 11.8 Å². The molecule has 0 aromatic heterocycles. The van der Waals surface area contributed by atoms with Crippen LogP contribution in [0.1, 0.15) is 26.7 Å². The minimum atomic E-state index is -0.869. The van der Waals surface area contributed by atoms with Crippen molar-refractivity contribution in [1.82, 2.24) is 9.80 Å². The van der Waals surface area contributed by atoms with E-state index in [2.05, 4.69) is 13.8 Å². The predicted octanol–water partition coefficient (Wildman–Crippen LogP) is 1.49. The van der Waals surface area contributed by atoms with Crippen LogP contribution in [0.2, 0.25) is 0 Å². The number of urea groups is 1. The summed E-state index contributed by atoms with van der Waals surface area (Å²) >= 11 is 0. The van der Waals surface area contributed by atoms with E-state index >= 15 is 0 Å². The first-order chi connectivity index (χ1) is 7.91. The van der Waals surface area contributed by atoms with E-state index in [1.165, 1.54) is 4.90 Å². The van der Waals surface area contributed by atoms with E-state index in [4.69, 9.17) is 5.11 Å². The maximum Gasteiger partial charge on any atom is 0.319 e. The zero-order valence-corrected chi connectivity index (χ0v) is 10.8. The fourth-order valence-electron chi connectivity index (χ4n) is 2.11. The zero-order chi connectivity index (χ0) is 13.0. The molecule has 0 radical (unpaired) electrons. The largest absolute Gasteiger partial charge is 0.481 e. The lowest BCUT2D eigenvalue weighted by atomic mass is 9.95. The third-order valence-corrected chi connectivity index (χ3v) is 3.43. The maximum atomic E-state index is 12.0. The molecule has 0 spiro atoms. The topological polar surface area (TPSA) is 60.9 Å². The molecule has 5 heteroatoms. The standard InChI is InChI=1S/C12H22N2O3/c1-9(2)10-4-7-14(8-10)12(17)13(3)6-5-11(15)16/h9-10H,4-8H2,1-3H3,(H,15,16). The molecule has 1 atom stereocenters. The van der Waals surface area contributed by atoms with Crippen LogP contribution in [-0.2, 0) is 4.79 Å². The number of hydrogen-bond donors (Lipinski definition) is 1. The average molecular weight is 242 g/mol. The summed E-state index contributed by atoms with van der Waals surface area (Å²) in [6.07, 6.45) is 1.06. The number of carboxylic acid groups (broad SMARTS) is 1. The van der Waals surface area contributed by atoms with Gasteiger partial charge in [0.25, 0.3) is 0 Å². The summed E-state index contributed by atoms with van der Waals surface area (Å²) < 4.78 is 0. The van der Waals surface area contributed by atoms with Gasteiger partial charge in [0.1, 0.15) is 0 Å². The molecule has 1 heterocycles. The normalized spacial score (nSPS) is 19.8. The van der Waals surface area contributed by atoms with E-state index in [0.717, 1.165) is 19.5 Å². The number of carbonyl (C=O) groups excluding carboxylic acids is 1. The lowest BCUT2D eigenvalue weighted by molar-refractivity contribution is -0.137. The fraction of sp³-hybridized carbons (Fsp3) is 0.833. The summed E-state index contributed by atoms with van der Waals surface area (Å²) in [5.74, 6) is 0.301. The second-order valence-electron chi connectivity index (χ2n) is 5.09. The lowest BCUT2D eigenvalue weighted by Gasteiger charge is -2.24. The SMILES string of the molecule is CC(C)C1CCN(C(=O)N(C)CCC(=O)O)C1. The highest BCUT2D eigenvalue weighted by Crippen LogP contribution is 2.24. The molecule has 1 rings (SSSR count). The molecular formula is C12H22N2O3. The van der Waals surface area contributed by atoms with Crippen molar-refractivity contribution < 1.29 is 14.7 Å². The second kappa shape index (κ2) is 5.89. The molecule has 1 fully saturated rings. The van der Waals surface area contributed by atoms with Crippen molar-refractivity contribution in [2.75, 3.05) is 26.7 Å². The third-order valence-electron chi connectivity index (χ3n) is 3.43. The number of carboxylic acids is 1. The Bertz CT molecular complexity index is 291. The van der Waals surface area contributed by atoms with Crippen molar-refractivity contribution in [3.63, 3.8) is 0 Å². The van der Waals surface area contributed by atoms with Gasteiger partial charge in [0, 0.05) is 26.7 Å². The third kappa shape index (κ3) is 3.91. The van der Waals surface area contributed by atoms with Crippen LogP contribution >= 0.6 is 0 Å². The van der Waals surface area contributed by atoms with E-state index in [9.17, 15) is 9.59 Å². The van der Waals surface area contributed by atoms with Gasteiger partial charge in [-0.25, -0.2) is 4.79 Å². The Morgan fingerprint density at radius 3 is 2.59 bits per heavy atom. The smallest absolute Gasteiger partial charge is 0.319 e. The first kappa shape index (κ1) is 13.8. The molecule has 0 bridgehead atoms. The van der Waals surface area contributed by atoms with Crippen molar-refractivity contribution in [3.05, 3.63) is 0 Å². The Morgan fingerprint density at radius 1 is 1.47 bits per heavy atom. The minimum absolute atomic E-state index is 0.00366. The van der Waals surface area contributed by atoms with E-state index in [0.29, 0.717) is 11.8 Å². The van der Waals surface area contributed by atoms with Crippen molar-refractivity contribution in [1.29, 1.82) is 0 Å². The number of nitrogens with zero attached hydrogens (tertiary/aromatic N) is 2. The quantitative estimate of drug-likeness (QED) is 0.812. The Hall–Kier alpha value is -1.26. The summed E-state index contributed by atoms with van der Waals surface area (Å²) in [6.45, 7) is 6.21. The summed E-state index contributed by atoms with van der Waals surface area (Å²) in [6, 6.07) is -0.0469. The molecule has 1 N–H and O–H groups in total. The molecule has 0 aromatic rings. The highest BCUT2D eigenvalue weighted by atomic mass is 16.4. The molecule has 5 nitrogen and oxygen atoms in total. The summed E-state index contributed by atoms with van der Waals surface area (Å²) in [5, 5.41) is 8.57. The van der Waals surface area contributed by atoms with Gasteiger partial charge in [-0.1, -0.05) is 13.8 Å². The molecule has 0 aliphatic carbocycles. The van der Waals surface area contributed by atoms with E-state index in [1.54, 1.807) is 7.05 Å². The number of hydrogen-bond acceptors (Lipinski definition) is 2. The van der Waals surface area contributed by atoms with E-state index in [-0.39, 0.29) is 19.0 Å². The lowest BCUT2D eigenvalue weighted by Crippen LogP contribution is -2.40. The Kier molecular flexibility index (Phi) is 4.78. The maximum absolute atomic E-state index is 12.0. The van der Waals surface area contributed by atoms with Gasteiger partial charge in [-0.05, 0) is 18.3 Å². The molecule has 1 aliphatic heterocycles. The molecule has 2 amide bonds. The number of carbonyl (C=O) groups is 2. The summed E-state index contributed by atoms with van der Waals surface area (Å²) in [7, 11) is 1.66. The number of aliphatic carboxylic acids is 1. The average Bonchev–Trinajstić information content (AvgIpc) is 2.73. The first-order valence-electron chi connectivity index (χ1n) is 6.13. The molecule has 1 saturated heterocycles. The fourth-order valence-corrected chi connectivity index (χ4v) is 2.11. The van der Waals surface area contributed by atoms with Crippen molar-refractivity contribution >= 4 is 12.0 Å². The van der Waals surface area contributed by atoms with Crippen LogP contribution in [0.25, 0.3) is 0 Å². The molecule has 0 aromatic carbocycles. The Morgan fingerprint density at radius 2 is 2.12 bits per heavy atom. The molecule has 0 saturated carbocycles. The van der Waals surface area contributed by atoms with Crippen molar-refractivity contribution in [3.8, 4) is 0 Å². The van der Waals surface area contributed by atoms with Crippen LogP contribution in [-0.4, -0.2) is 53.6 Å². The van der Waals surface area contributed by atoms with Crippen molar-refractivity contribution in [2.45, 2.75) is 26.7 Å². The second-order valence-corrected chi connectivity index (χ2v) is 5.09. The molecule has 17 heavy (non-hydrogen) atoms. The molecule has 1 aliphatic rings. The zero-order valence-electron chi connectivity index (χ0n) is 10.8. The van der Waals surface area contributed by atoms with Crippen LogP contribution < -0.4 is 0 Å². The monoisotopic (exact) mass is 242 g/mol. The van der Waals surface area contributed by atoms with Crippen LogP contribution in [0.5, 0.6) is 0 Å². The number of amides is 2. The van der Waals surface area contributed by atoms with Crippen LogP contribution in [0.3, 0.4) is 0 Å².